The van der Waals surface area contributed by atoms with Gasteiger partial charge in [0.2, 0.25) is 0 Å². The van der Waals surface area contributed by atoms with Gasteiger partial charge in [0.15, 0.2) is 0 Å². The van der Waals surface area contributed by atoms with Gasteiger partial charge >= 0.3 is 0 Å². The molecular weight excluding hydrogens is 210 g/mol. The van der Waals surface area contributed by atoms with E-state index in [1.807, 2.05) is 14.0 Å². The maximum atomic E-state index is 9.12. The molecule has 0 rings (SSSR count). The van der Waals surface area contributed by atoms with Gasteiger partial charge in [0, 0.05) is 12.6 Å². The summed E-state index contributed by atoms with van der Waals surface area (Å²) in [7, 11) is 1.86. The Hall–Kier alpha value is -0.590. The number of unbranched alkanes of at least 4 members (excludes halogenated alkanes) is 2. The molecule has 17 heavy (non-hydrogen) atoms. The first-order valence-corrected chi connectivity index (χ1v) is 6.83. The summed E-state index contributed by atoms with van der Waals surface area (Å²) < 4.78 is 0. The molecule has 0 fully saturated rings. The highest BCUT2D eigenvalue weighted by Gasteiger charge is 2.22. The molecule has 0 aromatic carbocycles. The van der Waals surface area contributed by atoms with Crippen molar-refractivity contribution in [3.05, 3.63) is 0 Å². The third kappa shape index (κ3) is 6.65. The molecule has 0 saturated heterocycles. The first-order valence-electron chi connectivity index (χ1n) is 6.83. The summed E-state index contributed by atoms with van der Waals surface area (Å²) in [4.78, 5) is 2.47. The number of nitrogens with one attached hydrogen (secondary N) is 1. The van der Waals surface area contributed by atoms with Gasteiger partial charge in [-0.25, -0.2) is 0 Å². The van der Waals surface area contributed by atoms with Crippen molar-refractivity contribution < 1.29 is 0 Å². The molecule has 3 nitrogen and oxygen atoms in total. The van der Waals surface area contributed by atoms with Gasteiger partial charge in [0.1, 0.15) is 5.54 Å². The Morgan fingerprint density at radius 3 is 2.35 bits per heavy atom. The number of hydrogen-bond acceptors (Lipinski definition) is 3. The van der Waals surface area contributed by atoms with E-state index in [1.165, 1.54) is 19.3 Å². The van der Waals surface area contributed by atoms with E-state index in [4.69, 9.17) is 5.26 Å². The van der Waals surface area contributed by atoms with Gasteiger partial charge in [0.25, 0.3) is 0 Å². The Labute approximate surface area is 107 Å². The molecule has 0 aliphatic carbocycles. The second-order valence-corrected chi connectivity index (χ2v) is 5.28. The fourth-order valence-corrected chi connectivity index (χ4v) is 1.80. The highest BCUT2D eigenvalue weighted by Crippen LogP contribution is 2.11. The summed E-state index contributed by atoms with van der Waals surface area (Å²) in [5, 5.41) is 12.2. The topological polar surface area (TPSA) is 39.1 Å². The van der Waals surface area contributed by atoms with Gasteiger partial charge in [0.05, 0.1) is 6.07 Å². The van der Waals surface area contributed by atoms with Crippen molar-refractivity contribution in [1.82, 2.24) is 10.2 Å². The predicted octanol–water partition coefficient (Wildman–Crippen LogP) is 2.78. The summed E-state index contributed by atoms with van der Waals surface area (Å²) >= 11 is 0. The van der Waals surface area contributed by atoms with Gasteiger partial charge in [-0.05, 0) is 47.2 Å². The third-order valence-corrected chi connectivity index (χ3v) is 3.48. The number of nitrogens with zero attached hydrogens (tertiary/aromatic N) is 2. The van der Waals surface area contributed by atoms with E-state index in [1.54, 1.807) is 0 Å². The fraction of sp³-hybridized carbons (Fsp3) is 0.929. The monoisotopic (exact) mass is 239 g/mol. The van der Waals surface area contributed by atoms with Crippen molar-refractivity contribution in [3.63, 3.8) is 0 Å². The van der Waals surface area contributed by atoms with Crippen molar-refractivity contribution in [2.24, 2.45) is 0 Å². The summed E-state index contributed by atoms with van der Waals surface area (Å²) in [6.07, 6.45) is 4.70. The van der Waals surface area contributed by atoms with Gasteiger partial charge in [-0.1, -0.05) is 19.8 Å². The van der Waals surface area contributed by atoms with E-state index in [2.05, 4.69) is 37.1 Å². The molecule has 100 valence electrons. The zero-order chi connectivity index (χ0) is 13.3. The molecule has 0 heterocycles. The molecule has 0 spiro atoms. The second kappa shape index (κ2) is 8.49. The molecule has 0 bridgehead atoms. The van der Waals surface area contributed by atoms with Crippen molar-refractivity contribution >= 4 is 0 Å². The molecule has 0 amide bonds. The minimum absolute atomic E-state index is 0.391. The SMILES string of the molecule is CCCCCN(CCC(C)(C#N)NC)C(C)C. The Morgan fingerprint density at radius 1 is 1.29 bits per heavy atom. The lowest BCUT2D eigenvalue weighted by atomic mass is 9.99. The molecule has 0 aromatic heterocycles. The van der Waals surface area contributed by atoms with Crippen molar-refractivity contribution in [2.75, 3.05) is 20.1 Å². The van der Waals surface area contributed by atoms with Gasteiger partial charge in [-0.15, -0.1) is 0 Å². The van der Waals surface area contributed by atoms with E-state index in [9.17, 15) is 0 Å². The minimum atomic E-state index is -0.391. The van der Waals surface area contributed by atoms with E-state index in [0.29, 0.717) is 6.04 Å². The second-order valence-electron chi connectivity index (χ2n) is 5.28. The Morgan fingerprint density at radius 2 is 1.94 bits per heavy atom. The van der Waals surface area contributed by atoms with Crippen molar-refractivity contribution in [3.8, 4) is 6.07 Å². The van der Waals surface area contributed by atoms with Crippen LogP contribution in [0.1, 0.15) is 53.4 Å². The fourth-order valence-electron chi connectivity index (χ4n) is 1.80. The largest absolute Gasteiger partial charge is 0.303 e. The normalized spacial score (nSPS) is 14.9. The van der Waals surface area contributed by atoms with Crippen LogP contribution >= 0.6 is 0 Å². The van der Waals surface area contributed by atoms with Crippen LogP contribution in [0.5, 0.6) is 0 Å². The van der Waals surface area contributed by atoms with Gasteiger partial charge < -0.3 is 10.2 Å². The number of rotatable bonds is 9. The average Bonchev–Trinajstić information content (AvgIpc) is 2.32. The average molecular weight is 239 g/mol. The van der Waals surface area contributed by atoms with Crippen molar-refractivity contribution in [2.45, 2.75) is 65.0 Å². The molecule has 3 heteroatoms. The van der Waals surface area contributed by atoms with Crippen LogP contribution in [-0.4, -0.2) is 36.6 Å². The van der Waals surface area contributed by atoms with E-state index < -0.39 is 5.54 Å². The molecule has 1 N–H and O–H groups in total. The predicted molar refractivity (Wildman–Crippen MR) is 73.9 cm³/mol. The van der Waals surface area contributed by atoms with Crippen LogP contribution < -0.4 is 5.32 Å². The molecule has 0 aromatic rings. The van der Waals surface area contributed by atoms with E-state index in [0.717, 1.165) is 19.5 Å². The summed E-state index contributed by atoms with van der Waals surface area (Å²) in [6.45, 7) is 10.8. The van der Waals surface area contributed by atoms with Crippen LogP contribution in [0, 0.1) is 11.3 Å². The third-order valence-electron chi connectivity index (χ3n) is 3.48. The smallest absolute Gasteiger partial charge is 0.104 e. The first-order chi connectivity index (χ1) is 7.99. The number of nitriles is 1. The van der Waals surface area contributed by atoms with Crippen LogP contribution in [0.4, 0.5) is 0 Å². The lowest BCUT2D eigenvalue weighted by Gasteiger charge is -2.30. The van der Waals surface area contributed by atoms with E-state index >= 15 is 0 Å². The quantitative estimate of drug-likeness (QED) is 0.629. The van der Waals surface area contributed by atoms with Gasteiger partial charge in [-0.3, -0.25) is 0 Å². The summed E-state index contributed by atoms with van der Waals surface area (Å²) in [5.74, 6) is 0. The Balaban J connectivity index is 4.13. The standard InChI is InChI=1S/C14H29N3/c1-6-7-8-10-17(13(2)3)11-9-14(4,12-15)16-5/h13,16H,6-11H2,1-5H3. The highest BCUT2D eigenvalue weighted by atomic mass is 15.1. The number of hydrogen-bond donors (Lipinski definition) is 1. The van der Waals surface area contributed by atoms with Crippen LogP contribution in [0.25, 0.3) is 0 Å². The first kappa shape index (κ1) is 16.4. The molecule has 1 unspecified atom stereocenters. The maximum Gasteiger partial charge on any atom is 0.104 e. The highest BCUT2D eigenvalue weighted by molar-refractivity contribution is 5.03. The van der Waals surface area contributed by atoms with Crippen LogP contribution in [0.3, 0.4) is 0 Å². The minimum Gasteiger partial charge on any atom is -0.303 e. The Bertz CT molecular complexity index is 232. The molecule has 1 atom stereocenters. The van der Waals surface area contributed by atoms with Crippen LogP contribution in [-0.2, 0) is 0 Å². The molecule has 0 aliphatic rings. The van der Waals surface area contributed by atoms with E-state index in [-0.39, 0.29) is 0 Å². The summed E-state index contributed by atoms with van der Waals surface area (Å²) in [6, 6.07) is 2.91. The molecule has 0 saturated carbocycles. The Kier molecular flexibility index (Phi) is 8.20. The molecular formula is C14H29N3. The van der Waals surface area contributed by atoms with Crippen molar-refractivity contribution in [1.29, 1.82) is 5.26 Å². The lowest BCUT2D eigenvalue weighted by Crippen LogP contribution is -2.43. The molecule has 0 aliphatic heterocycles. The summed E-state index contributed by atoms with van der Waals surface area (Å²) in [5.41, 5.74) is -0.391. The van der Waals surface area contributed by atoms with Crippen LogP contribution in [0.15, 0.2) is 0 Å². The van der Waals surface area contributed by atoms with Gasteiger partial charge in [-0.2, -0.15) is 5.26 Å². The zero-order valence-corrected chi connectivity index (χ0v) is 12.2. The molecule has 0 radical (unpaired) electrons. The zero-order valence-electron chi connectivity index (χ0n) is 12.2. The van der Waals surface area contributed by atoms with Crippen LogP contribution in [0.2, 0.25) is 0 Å². The maximum absolute atomic E-state index is 9.12. The lowest BCUT2D eigenvalue weighted by molar-refractivity contribution is 0.199.